The van der Waals surface area contributed by atoms with E-state index in [4.69, 9.17) is 0 Å². The SMILES string of the molecule is CC(C)(C)[PH+](C[PH+](C(C)(C)C)C(C)(C)C)C(C)(C)C.CC(C)(C)[PH+](C[PH+](C(C)(C)C)C(C)(C)C)C(C)(C)C.[CH3-].[CH3-].[CH3-].[CH3-].[Pt+2].[Pt+2]. The van der Waals surface area contributed by atoms with Crippen LogP contribution in [0.2, 0.25) is 0 Å². The molecule has 0 unspecified atom stereocenters. The molecule has 0 aliphatic carbocycles. The fourth-order valence-corrected chi connectivity index (χ4v) is 35.8. The van der Waals surface area contributed by atoms with Gasteiger partial charge < -0.3 is 29.7 Å². The minimum Gasteiger partial charge on any atom is -0.358 e. The van der Waals surface area contributed by atoms with Gasteiger partial charge in [-0.25, -0.2) is 0 Å². The Kier molecular flexibility index (Phi) is 32.9. The summed E-state index contributed by atoms with van der Waals surface area (Å²) in [5.74, 6) is 3.05. The molecule has 6 heteroatoms. The average molecular weight is 1060 g/mol. The van der Waals surface area contributed by atoms with Crippen molar-refractivity contribution in [1.82, 2.24) is 0 Å². The van der Waals surface area contributed by atoms with Crippen LogP contribution in [0.4, 0.5) is 0 Å². The van der Waals surface area contributed by atoms with Crippen LogP contribution in [-0.4, -0.2) is 53.1 Å². The predicted octanol–water partition coefficient (Wildman–Crippen LogP) is 14.9. The smallest absolute Gasteiger partial charge is 0.358 e. The van der Waals surface area contributed by atoms with Crippen LogP contribution in [0.25, 0.3) is 0 Å². The van der Waals surface area contributed by atoms with Crippen molar-refractivity contribution in [2.24, 2.45) is 0 Å². The Hall–Kier alpha value is 3.10. The number of hydrogen-bond acceptors (Lipinski definition) is 0. The molecule has 0 bridgehead atoms. The van der Waals surface area contributed by atoms with Gasteiger partial charge in [-0.2, -0.15) is 0 Å². The molecule has 0 rings (SSSR count). The van der Waals surface area contributed by atoms with E-state index in [1.54, 1.807) is 0 Å². The van der Waals surface area contributed by atoms with Gasteiger partial charge in [0.05, 0.1) is 41.2 Å². The van der Waals surface area contributed by atoms with Crippen molar-refractivity contribution in [3.8, 4) is 0 Å². The fraction of sp³-hybridized carbons (Fsp3) is 0.895. The van der Waals surface area contributed by atoms with Crippen LogP contribution in [0.3, 0.4) is 0 Å². The van der Waals surface area contributed by atoms with Crippen LogP contribution < -0.4 is 0 Å². The van der Waals surface area contributed by atoms with E-state index in [9.17, 15) is 0 Å². The maximum absolute atomic E-state index is 2.47. The first kappa shape index (κ1) is 65.5. The van der Waals surface area contributed by atoms with Crippen molar-refractivity contribution in [3.05, 3.63) is 29.7 Å². The third-order valence-electron chi connectivity index (χ3n) is 7.95. The van der Waals surface area contributed by atoms with Gasteiger partial charge in [-0.15, -0.1) is 0 Å². The van der Waals surface area contributed by atoms with Gasteiger partial charge in [-0.3, -0.25) is 0 Å². The molecule has 0 radical (unpaired) electrons. The molecule has 0 atom stereocenters. The normalized spacial score (nSPS) is 13.4. The quantitative estimate of drug-likeness (QED) is 0.194. The molecule has 0 aliphatic rings. The van der Waals surface area contributed by atoms with Crippen molar-refractivity contribution < 1.29 is 42.1 Å². The first-order chi connectivity index (χ1) is 15.9. The summed E-state index contributed by atoms with van der Waals surface area (Å²) in [6.45, 7) is 59.3. The second kappa shape index (κ2) is 22.1. The summed E-state index contributed by atoms with van der Waals surface area (Å²) in [5.41, 5.74) is 0. The van der Waals surface area contributed by atoms with Crippen LogP contribution in [0.1, 0.15) is 166 Å². The van der Waals surface area contributed by atoms with Crippen LogP contribution in [0.15, 0.2) is 0 Å². The topological polar surface area (TPSA) is 0 Å². The molecule has 0 amide bonds. The van der Waals surface area contributed by atoms with E-state index in [1.165, 1.54) is 11.8 Å². The van der Waals surface area contributed by atoms with Crippen molar-refractivity contribution >= 4 is 31.7 Å². The van der Waals surface area contributed by atoms with E-state index in [-0.39, 0.29) is 71.8 Å². The number of rotatable bonds is 4. The molecule has 0 nitrogen and oxygen atoms in total. The molecular weight excluding hydrogens is 970 g/mol. The molecule has 0 spiro atoms. The van der Waals surface area contributed by atoms with Gasteiger partial charge in [-0.05, 0) is 166 Å². The van der Waals surface area contributed by atoms with E-state index in [1.807, 2.05) is 0 Å². The van der Waals surface area contributed by atoms with Crippen LogP contribution in [0.5, 0.6) is 0 Å². The Morgan fingerprint density at radius 2 is 0.295 bits per heavy atom. The number of hydrogen-bond donors (Lipinski definition) is 0. The minimum absolute atomic E-state index is 0. The molecular formula is C38H92P4Pt2+4. The summed E-state index contributed by atoms with van der Waals surface area (Å²) in [6, 6.07) is 0. The summed E-state index contributed by atoms with van der Waals surface area (Å²) in [7, 11) is -1.58. The second-order valence-corrected chi connectivity index (χ2v) is 38.9. The van der Waals surface area contributed by atoms with Crippen molar-refractivity contribution in [1.29, 1.82) is 0 Å². The third kappa shape index (κ3) is 25.1. The first-order valence-corrected chi connectivity index (χ1v) is 22.2. The first-order valence-electron chi connectivity index (χ1n) is 15.4. The zero-order valence-electron chi connectivity index (χ0n) is 36.0. The van der Waals surface area contributed by atoms with Crippen molar-refractivity contribution in [3.63, 3.8) is 0 Å². The summed E-state index contributed by atoms with van der Waals surface area (Å²) >= 11 is 0. The van der Waals surface area contributed by atoms with E-state index in [2.05, 4.69) is 166 Å². The maximum atomic E-state index is 2.47. The third-order valence-corrected chi connectivity index (χ3v) is 28.1. The van der Waals surface area contributed by atoms with Gasteiger partial charge in [0, 0.05) is 31.7 Å². The standard InChI is InChI=1S/2C17H38P2.4CH3.2Pt/c2*1-14(2,3)18(15(4,5)6)13-19(16(7,8)9)17(10,11)12;;;;;;/h2*13H2,1-12H3;4*1H3;;/q;;4*-1;2*+2/p+4. The van der Waals surface area contributed by atoms with Crippen LogP contribution >= 0.6 is 31.7 Å². The van der Waals surface area contributed by atoms with Crippen LogP contribution in [-0.2, 0) is 42.1 Å². The summed E-state index contributed by atoms with van der Waals surface area (Å²) in [5, 5.41) is 3.96. The van der Waals surface area contributed by atoms with Gasteiger partial charge in [0.2, 0.25) is 0 Å². The Labute approximate surface area is 320 Å². The van der Waals surface area contributed by atoms with Crippen molar-refractivity contribution in [2.45, 2.75) is 207 Å². The van der Waals surface area contributed by atoms with E-state index in [0.717, 1.165) is 0 Å². The van der Waals surface area contributed by atoms with E-state index in [0.29, 0.717) is 41.2 Å². The van der Waals surface area contributed by atoms with Gasteiger partial charge in [0.25, 0.3) is 0 Å². The summed E-state index contributed by atoms with van der Waals surface area (Å²) in [4.78, 5) is 0. The predicted molar refractivity (Wildman–Crippen MR) is 227 cm³/mol. The molecule has 0 aromatic carbocycles. The van der Waals surface area contributed by atoms with Crippen LogP contribution in [0, 0.1) is 29.7 Å². The van der Waals surface area contributed by atoms with E-state index < -0.39 is 31.7 Å². The zero-order valence-corrected chi connectivity index (χ0v) is 44.6. The zero-order chi connectivity index (χ0) is 31.7. The summed E-state index contributed by atoms with van der Waals surface area (Å²) in [6.07, 6.45) is 0. The van der Waals surface area contributed by atoms with Gasteiger partial charge in [0.15, 0.2) is 11.8 Å². The molecule has 0 saturated heterocycles. The summed E-state index contributed by atoms with van der Waals surface area (Å²) < 4.78 is 0. The molecule has 0 saturated carbocycles. The molecule has 0 heterocycles. The Morgan fingerprint density at radius 1 is 0.227 bits per heavy atom. The molecule has 0 fully saturated rings. The largest absolute Gasteiger partial charge is 2.00 e. The van der Waals surface area contributed by atoms with Gasteiger partial charge in [-0.1, -0.05) is 0 Å². The second-order valence-electron chi connectivity index (χ2n) is 20.3. The van der Waals surface area contributed by atoms with Crippen molar-refractivity contribution in [2.75, 3.05) is 11.8 Å². The molecule has 0 N–H and O–H groups in total. The Balaban J connectivity index is -0.0000000864. The molecule has 0 aliphatic heterocycles. The Bertz CT molecular complexity index is 515. The maximum Gasteiger partial charge on any atom is 2.00 e. The molecule has 0 aromatic heterocycles. The minimum atomic E-state index is -0.394. The fourth-order valence-electron chi connectivity index (χ4n) is 6.97. The van der Waals surface area contributed by atoms with E-state index >= 15 is 0 Å². The molecule has 280 valence electrons. The molecule has 44 heavy (non-hydrogen) atoms. The average Bonchev–Trinajstić information content (AvgIpc) is 2.44. The van der Waals surface area contributed by atoms with Gasteiger partial charge in [0.1, 0.15) is 0 Å². The Morgan fingerprint density at radius 3 is 0.341 bits per heavy atom. The molecule has 0 aromatic rings. The van der Waals surface area contributed by atoms with Gasteiger partial charge >= 0.3 is 42.1 Å². The monoisotopic (exact) mass is 1060 g/mol.